The number of nitrogens with one attached hydrogen (secondary N) is 1. The Kier molecular flexibility index (Phi) is 11.2. The van der Waals surface area contributed by atoms with Crippen LogP contribution in [0.1, 0.15) is 75.5 Å². The van der Waals surface area contributed by atoms with E-state index in [9.17, 15) is 9.36 Å². The second kappa shape index (κ2) is 14.8. The molecule has 0 unspecified atom stereocenters. The van der Waals surface area contributed by atoms with E-state index in [4.69, 9.17) is 9.05 Å². The van der Waals surface area contributed by atoms with Crippen molar-refractivity contribution in [3.8, 4) is 11.1 Å². The van der Waals surface area contributed by atoms with E-state index in [1.807, 2.05) is 42.5 Å². The molecule has 6 heteroatoms. The maximum Gasteiger partial charge on any atom is 0.330 e. The molecule has 1 aliphatic rings. The van der Waals surface area contributed by atoms with Gasteiger partial charge in [0.15, 0.2) is 0 Å². The molecule has 3 aromatic carbocycles. The first-order valence-corrected chi connectivity index (χ1v) is 16.7. The van der Waals surface area contributed by atoms with E-state index in [2.05, 4.69) is 55.6 Å². The number of carbonyl (C=O) groups excluding carboxylic acids is 1. The minimum absolute atomic E-state index is 0.0300. The van der Waals surface area contributed by atoms with E-state index in [0.717, 1.165) is 60.8 Å². The third-order valence-electron chi connectivity index (χ3n) is 7.80. The first kappa shape index (κ1) is 30.2. The van der Waals surface area contributed by atoms with Crippen molar-refractivity contribution in [3.63, 3.8) is 0 Å². The summed E-state index contributed by atoms with van der Waals surface area (Å²) in [7, 11) is -3.17. The predicted octanol–water partition coefficient (Wildman–Crippen LogP) is 8.31. The first-order chi connectivity index (χ1) is 19.5. The van der Waals surface area contributed by atoms with E-state index >= 15 is 0 Å². The molecule has 0 spiro atoms. The van der Waals surface area contributed by atoms with Crippen molar-refractivity contribution in [2.75, 3.05) is 25.9 Å². The molecule has 214 valence electrons. The average Bonchev–Trinajstić information content (AvgIpc) is 3.27. The van der Waals surface area contributed by atoms with Crippen molar-refractivity contribution >= 4 is 13.5 Å². The van der Waals surface area contributed by atoms with Gasteiger partial charge in [-0.3, -0.25) is 9.36 Å². The molecule has 1 amide bonds. The Bertz CT molecular complexity index is 1220. The molecule has 3 aromatic rings. The largest absolute Gasteiger partial charge is 0.355 e. The van der Waals surface area contributed by atoms with Gasteiger partial charge in [0.2, 0.25) is 5.91 Å². The van der Waals surface area contributed by atoms with Crippen molar-refractivity contribution in [2.45, 2.75) is 70.6 Å². The van der Waals surface area contributed by atoms with E-state index in [1.54, 1.807) is 0 Å². The number of hydrogen-bond acceptors (Lipinski definition) is 4. The highest BCUT2D eigenvalue weighted by molar-refractivity contribution is 7.53. The van der Waals surface area contributed by atoms with E-state index < -0.39 is 13.0 Å². The lowest BCUT2D eigenvalue weighted by molar-refractivity contribution is -0.125. The summed E-state index contributed by atoms with van der Waals surface area (Å²) < 4.78 is 25.2. The molecular weight excluding hydrogens is 517 g/mol. The van der Waals surface area contributed by atoms with Gasteiger partial charge >= 0.3 is 7.60 Å². The van der Waals surface area contributed by atoms with Crippen LogP contribution in [-0.4, -0.2) is 31.8 Å². The molecule has 4 rings (SSSR count). The fraction of sp³-hybridized carbons (Fsp3) is 0.441. The first-order valence-electron chi connectivity index (χ1n) is 14.9. The Hall–Kier alpha value is -2.72. The van der Waals surface area contributed by atoms with E-state index in [0.29, 0.717) is 38.8 Å². The summed E-state index contributed by atoms with van der Waals surface area (Å²) in [6.07, 6.45) is 6.86. The summed E-state index contributed by atoms with van der Waals surface area (Å²) in [5, 5.41) is 3.28. The van der Waals surface area contributed by atoms with Crippen LogP contribution in [0.5, 0.6) is 0 Å². The molecule has 0 saturated carbocycles. The van der Waals surface area contributed by atoms with Gasteiger partial charge < -0.3 is 14.4 Å². The molecule has 5 nitrogen and oxygen atoms in total. The van der Waals surface area contributed by atoms with Crippen LogP contribution in [0.25, 0.3) is 11.1 Å². The van der Waals surface area contributed by atoms with Gasteiger partial charge in [0.1, 0.15) is 5.41 Å². The van der Waals surface area contributed by atoms with Gasteiger partial charge in [-0.2, -0.15) is 0 Å². The number of amides is 1. The SMILES string of the molecule is CCCCOP(=O)(CCCCC1(C(=O)NCCc2ccccc2)c2ccccc2-c2ccccc21)OCCCC. The molecule has 0 bridgehead atoms. The standard InChI is InChI=1S/C34H44NO4P/c1-3-5-25-38-40(37,39-26-6-4-2)27-15-14-23-34(33(36)35-24-22-28-16-8-7-9-17-28)31-20-12-10-18-29(31)30-19-11-13-21-32(30)34/h7-13,16-21H,3-6,14-15,22-27H2,1-2H3,(H,35,36). The molecular formula is C34H44NO4P. The second-order valence-electron chi connectivity index (χ2n) is 10.7. The summed E-state index contributed by atoms with van der Waals surface area (Å²) >= 11 is 0. The maximum absolute atomic E-state index is 14.2. The molecule has 0 aliphatic heterocycles. The van der Waals surface area contributed by atoms with E-state index in [1.165, 1.54) is 5.56 Å². The van der Waals surface area contributed by atoms with Gasteiger partial charge in [-0.25, -0.2) is 0 Å². The quantitative estimate of drug-likeness (QED) is 0.133. The third kappa shape index (κ3) is 7.13. The zero-order valence-corrected chi connectivity index (χ0v) is 25.0. The minimum Gasteiger partial charge on any atom is -0.355 e. The van der Waals surface area contributed by atoms with Crippen LogP contribution in [0.15, 0.2) is 78.9 Å². The van der Waals surface area contributed by atoms with Crippen molar-refractivity contribution in [2.24, 2.45) is 0 Å². The second-order valence-corrected chi connectivity index (χ2v) is 12.8. The zero-order chi connectivity index (χ0) is 28.3. The lowest BCUT2D eigenvalue weighted by Crippen LogP contribution is -2.45. The minimum atomic E-state index is -3.17. The number of carbonyl (C=O) groups is 1. The number of hydrogen-bond donors (Lipinski definition) is 1. The number of benzene rings is 3. The van der Waals surface area contributed by atoms with E-state index in [-0.39, 0.29) is 5.91 Å². The Morgan fingerprint density at radius 2 is 1.30 bits per heavy atom. The van der Waals surface area contributed by atoms with Gasteiger partial charge in [-0.1, -0.05) is 112 Å². The summed E-state index contributed by atoms with van der Waals surface area (Å²) in [4.78, 5) is 14.2. The molecule has 0 radical (unpaired) electrons. The van der Waals surface area contributed by atoms with Crippen LogP contribution in [0.4, 0.5) is 0 Å². The fourth-order valence-corrected chi connectivity index (χ4v) is 7.38. The average molecular weight is 562 g/mol. The van der Waals surface area contributed by atoms with Crippen LogP contribution in [0.2, 0.25) is 0 Å². The van der Waals surface area contributed by atoms with Gasteiger partial charge in [-0.05, 0) is 59.9 Å². The van der Waals surface area contributed by atoms with Crippen molar-refractivity contribution < 1.29 is 18.4 Å². The third-order valence-corrected chi connectivity index (χ3v) is 9.81. The number of unbranched alkanes of at least 4 members (excludes halogenated alkanes) is 3. The van der Waals surface area contributed by atoms with Crippen LogP contribution in [0, 0.1) is 0 Å². The van der Waals surface area contributed by atoms with Gasteiger partial charge in [-0.15, -0.1) is 0 Å². The molecule has 0 fully saturated rings. The van der Waals surface area contributed by atoms with Crippen LogP contribution >= 0.6 is 7.60 Å². The summed E-state index contributed by atoms with van der Waals surface area (Å²) in [6.45, 7) is 5.66. The topological polar surface area (TPSA) is 64.6 Å². The summed E-state index contributed by atoms with van der Waals surface area (Å²) in [5.41, 5.74) is 4.75. The van der Waals surface area contributed by atoms with Gasteiger partial charge in [0.05, 0.1) is 19.4 Å². The lowest BCUT2D eigenvalue weighted by atomic mass is 9.73. The highest BCUT2D eigenvalue weighted by Gasteiger charge is 2.48. The molecule has 0 saturated heterocycles. The maximum atomic E-state index is 14.2. The highest BCUT2D eigenvalue weighted by atomic mass is 31.2. The lowest BCUT2D eigenvalue weighted by Gasteiger charge is -2.31. The van der Waals surface area contributed by atoms with Crippen LogP contribution in [-0.2, 0) is 30.2 Å². The molecule has 0 aromatic heterocycles. The molecule has 0 heterocycles. The molecule has 40 heavy (non-hydrogen) atoms. The monoisotopic (exact) mass is 561 g/mol. The van der Waals surface area contributed by atoms with Crippen molar-refractivity contribution in [1.29, 1.82) is 0 Å². The van der Waals surface area contributed by atoms with Crippen molar-refractivity contribution in [3.05, 3.63) is 95.6 Å². The normalized spacial score (nSPS) is 13.6. The Morgan fingerprint density at radius 1 is 0.750 bits per heavy atom. The molecule has 1 N–H and O–H groups in total. The zero-order valence-electron chi connectivity index (χ0n) is 24.1. The number of fused-ring (bicyclic) bond motifs is 3. The van der Waals surface area contributed by atoms with Crippen LogP contribution in [0.3, 0.4) is 0 Å². The Labute approximate surface area is 240 Å². The fourth-order valence-electron chi connectivity index (χ4n) is 5.63. The number of rotatable bonds is 17. The Morgan fingerprint density at radius 3 is 1.88 bits per heavy atom. The predicted molar refractivity (Wildman–Crippen MR) is 164 cm³/mol. The van der Waals surface area contributed by atoms with Crippen LogP contribution < -0.4 is 5.32 Å². The highest BCUT2D eigenvalue weighted by Crippen LogP contribution is 2.53. The molecule has 0 atom stereocenters. The van der Waals surface area contributed by atoms with Gasteiger partial charge in [0.25, 0.3) is 0 Å². The smallest absolute Gasteiger partial charge is 0.330 e. The van der Waals surface area contributed by atoms with Crippen molar-refractivity contribution in [1.82, 2.24) is 5.32 Å². The van der Waals surface area contributed by atoms with Gasteiger partial charge in [0, 0.05) is 6.54 Å². The molecule has 1 aliphatic carbocycles. The summed E-state index contributed by atoms with van der Waals surface area (Å²) in [5.74, 6) is 0.0300. The Balaban J connectivity index is 1.52. The summed E-state index contributed by atoms with van der Waals surface area (Å²) in [6, 6.07) is 26.8.